The molecule has 0 radical (unpaired) electrons. The topological polar surface area (TPSA) is 32.7 Å². The highest BCUT2D eigenvalue weighted by molar-refractivity contribution is 6.33. The number of methoxy groups -OCH3 is 1. The van der Waals surface area contributed by atoms with Crippen LogP contribution in [-0.4, -0.2) is 31.9 Å². The predicted octanol–water partition coefficient (Wildman–Crippen LogP) is 2.47. The molecule has 0 unspecified atom stereocenters. The molecule has 0 saturated heterocycles. The van der Waals surface area contributed by atoms with Crippen LogP contribution in [0.1, 0.15) is 5.56 Å². The van der Waals surface area contributed by atoms with E-state index < -0.39 is 0 Å². The van der Waals surface area contributed by atoms with Gasteiger partial charge in [0.2, 0.25) is 0 Å². The van der Waals surface area contributed by atoms with Gasteiger partial charge in [0.15, 0.2) is 0 Å². The SMILES string of the molecule is C=CCN(CCOC)c1ccc(CO)cc1Cl. The zero-order chi connectivity index (χ0) is 12.7. The number of hydrogen-bond donors (Lipinski definition) is 1. The molecule has 0 saturated carbocycles. The van der Waals surface area contributed by atoms with Crippen molar-refractivity contribution in [2.75, 3.05) is 31.7 Å². The molecule has 0 amide bonds. The van der Waals surface area contributed by atoms with Crippen molar-refractivity contribution in [3.8, 4) is 0 Å². The van der Waals surface area contributed by atoms with Crippen molar-refractivity contribution in [1.82, 2.24) is 0 Å². The highest BCUT2D eigenvalue weighted by Gasteiger charge is 2.09. The Hall–Kier alpha value is -1.03. The monoisotopic (exact) mass is 255 g/mol. The second-order valence-electron chi connectivity index (χ2n) is 3.67. The molecule has 0 aromatic heterocycles. The van der Waals surface area contributed by atoms with Crippen molar-refractivity contribution < 1.29 is 9.84 Å². The van der Waals surface area contributed by atoms with Crippen LogP contribution in [0.3, 0.4) is 0 Å². The van der Waals surface area contributed by atoms with Gasteiger partial charge < -0.3 is 14.7 Å². The first-order valence-electron chi connectivity index (χ1n) is 5.47. The fourth-order valence-electron chi connectivity index (χ4n) is 1.57. The Bertz CT molecular complexity index is 368. The Morgan fingerprint density at radius 3 is 2.82 bits per heavy atom. The molecule has 1 aromatic carbocycles. The number of anilines is 1. The van der Waals surface area contributed by atoms with Crippen LogP contribution >= 0.6 is 11.6 Å². The fraction of sp³-hybridized carbons (Fsp3) is 0.385. The van der Waals surface area contributed by atoms with Crippen LogP contribution in [0.15, 0.2) is 30.9 Å². The molecule has 94 valence electrons. The normalized spacial score (nSPS) is 10.3. The fourth-order valence-corrected chi connectivity index (χ4v) is 1.90. The van der Waals surface area contributed by atoms with Gasteiger partial charge in [-0.25, -0.2) is 0 Å². The summed E-state index contributed by atoms with van der Waals surface area (Å²) in [6.45, 7) is 5.82. The van der Waals surface area contributed by atoms with Crippen LogP contribution in [0.25, 0.3) is 0 Å². The molecule has 0 atom stereocenters. The van der Waals surface area contributed by atoms with Crippen molar-refractivity contribution in [2.24, 2.45) is 0 Å². The second-order valence-corrected chi connectivity index (χ2v) is 4.08. The summed E-state index contributed by atoms with van der Waals surface area (Å²) in [4.78, 5) is 2.08. The smallest absolute Gasteiger partial charge is 0.0682 e. The van der Waals surface area contributed by atoms with Crippen LogP contribution in [-0.2, 0) is 11.3 Å². The maximum atomic E-state index is 9.03. The zero-order valence-corrected chi connectivity index (χ0v) is 10.8. The van der Waals surface area contributed by atoms with Crippen molar-refractivity contribution in [2.45, 2.75) is 6.61 Å². The summed E-state index contributed by atoms with van der Waals surface area (Å²) in [6, 6.07) is 5.55. The average Bonchev–Trinajstić information content (AvgIpc) is 2.34. The molecule has 3 nitrogen and oxygen atoms in total. The number of benzene rings is 1. The van der Waals surface area contributed by atoms with Gasteiger partial charge in [-0.05, 0) is 17.7 Å². The lowest BCUT2D eigenvalue weighted by Gasteiger charge is -2.24. The molecular weight excluding hydrogens is 238 g/mol. The predicted molar refractivity (Wildman–Crippen MR) is 71.7 cm³/mol. The van der Waals surface area contributed by atoms with E-state index in [1.807, 2.05) is 18.2 Å². The van der Waals surface area contributed by atoms with Crippen molar-refractivity contribution in [3.05, 3.63) is 41.4 Å². The number of ether oxygens (including phenoxy) is 1. The molecule has 1 rings (SSSR count). The molecule has 0 bridgehead atoms. The molecule has 1 aromatic rings. The highest BCUT2D eigenvalue weighted by atomic mass is 35.5. The van der Waals surface area contributed by atoms with E-state index in [4.69, 9.17) is 21.4 Å². The van der Waals surface area contributed by atoms with Crippen molar-refractivity contribution in [1.29, 1.82) is 0 Å². The maximum Gasteiger partial charge on any atom is 0.0682 e. The lowest BCUT2D eigenvalue weighted by molar-refractivity contribution is 0.206. The summed E-state index contributed by atoms with van der Waals surface area (Å²) < 4.78 is 5.07. The van der Waals surface area contributed by atoms with E-state index in [2.05, 4.69) is 11.5 Å². The largest absolute Gasteiger partial charge is 0.392 e. The second kappa shape index (κ2) is 7.33. The first-order chi connectivity index (χ1) is 8.22. The first kappa shape index (κ1) is 14.0. The van der Waals surface area contributed by atoms with Crippen molar-refractivity contribution in [3.63, 3.8) is 0 Å². The first-order valence-corrected chi connectivity index (χ1v) is 5.84. The van der Waals surface area contributed by atoms with E-state index >= 15 is 0 Å². The van der Waals surface area contributed by atoms with Gasteiger partial charge in [0.05, 0.1) is 23.9 Å². The average molecular weight is 256 g/mol. The van der Waals surface area contributed by atoms with Gasteiger partial charge in [-0.2, -0.15) is 0 Å². The minimum absolute atomic E-state index is 0.000467. The summed E-state index contributed by atoms with van der Waals surface area (Å²) >= 11 is 6.19. The standard InChI is InChI=1S/C13H18ClNO2/c1-3-6-15(7-8-17-2)13-5-4-11(10-16)9-12(13)14/h3-5,9,16H,1,6-8,10H2,2H3. The molecule has 1 N–H and O–H groups in total. The van der Waals surface area contributed by atoms with Gasteiger partial charge in [-0.3, -0.25) is 0 Å². The minimum atomic E-state index is -0.000467. The van der Waals surface area contributed by atoms with Crippen LogP contribution in [0, 0.1) is 0 Å². The quantitative estimate of drug-likeness (QED) is 0.760. The van der Waals surface area contributed by atoms with Gasteiger partial charge >= 0.3 is 0 Å². The number of nitrogens with zero attached hydrogens (tertiary/aromatic N) is 1. The summed E-state index contributed by atoms with van der Waals surface area (Å²) in [5.41, 5.74) is 1.74. The minimum Gasteiger partial charge on any atom is -0.392 e. The third-order valence-electron chi connectivity index (χ3n) is 2.45. The Labute approximate surface area is 107 Å². The summed E-state index contributed by atoms with van der Waals surface area (Å²) in [7, 11) is 1.67. The molecule has 0 aliphatic heterocycles. The lowest BCUT2D eigenvalue weighted by Crippen LogP contribution is -2.27. The number of halogens is 1. The lowest BCUT2D eigenvalue weighted by atomic mass is 10.2. The zero-order valence-electron chi connectivity index (χ0n) is 10.0. The molecule has 0 heterocycles. The maximum absolute atomic E-state index is 9.03. The van der Waals surface area contributed by atoms with Gasteiger partial charge in [-0.1, -0.05) is 23.7 Å². The van der Waals surface area contributed by atoms with Crippen LogP contribution in [0.2, 0.25) is 5.02 Å². The van der Waals surface area contributed by atoms with E-state index in [9.17, 15) is 0 Å². The number of aliphatic hydroxyl groups excluding tert-OH is 1. The number of rotatable bonds is 7. The summed E-state index contributed by atoms with van der Waals surface area (Å²) in [5, 5.41) is 9.66. The molecule has 0 fully saturated rings. The van der Waals surface area contributed by atoms with E-state index in [0.29, 0.717) is 18.2 Å². The molecule has 17 heavy (non-hydrogen) atoms. The van der Waals surface area contributed by atoms with Crippen LogP contribution in [0.5, 0.6) is 0 Å². The third kappa shape index (κ3) is 4.04. The van der Waals surface area contributed by atoms with Crippen LogP contribution < -0.4 is 4.90 Å². The van der Waals surface area contributed by atoms with Gasteiger partial charge in [0.1, 0.15) is 0 Å². The Morgan fingerprint density at radius 1 is 1.53 bits per heavy atom. The van der Waals surface area contributed by atoms with Crippen molar-refractivity contribution >= 4 is 17.3 Å². The Balaban J connectivity index is 2.88. The Kier molecular flexibility index (Phi) is 6.05. The number of hydrogen-bond acceptors (Lipinski definition) is 3. The molecular formula is C13H18ClNO2. The van der Waals surface area contributed by atoms with E-state index in [-0.39, 0.29) is 6.61 Å². The summed E-state index contributed by atoms with van der Waals surface area (Å²) in [6.07, 6.45) is 1.83. The molecule has 0 aliphatic carbocycles. The van der Waals surface area contributed by atoms with E-state index in [0.717, 1.165) is 17.8 Å². The van der Waals surface area contributed by atoms with E-state index in [1.54, 1.807) is 13.2 Å². The highest BCUT2D eigenvalue weighted by Crippen LogP contribution is 2.26. The molecule has 4 heteroatoms. The van der Waals surface area contributed by atoms with Gasteiger partial charge in [-0.15, -0.1) is 6.58 Å². The Morgan fingerprint density at radius 2 is 2.29 bits per heavy atom. The molecule has 0 aliphatic rings. The molecule has 0 spiro atoms. The van der Waals surface area contributed by atoms with Gasteiger partial charge in [0.25, 0.3) is 0 Å². The van der Waals surface area contributed by atoms with Gasteiger partial charge in [0, 0.05) is 20.2 Å². The van der Waals surface area contributed by atoms with E-state index in [1.165, 1.54) is 0 Å². The van der Waals surface area contributed by atoms with Crippen LogP contribution in [0.4, 0.5) is 5.69 Å². The summed E-state index contributed by atoms with van der Waals surface area (Å²) in [5.74, 6) is 0. The third-order valence-corrected chi connectivity index (χ3v) is 2.75. The number of aliphatic hydroxyl groups is 1.